The summed E-state index contributed by atoms with van der Waals surface area (Å²) < 4.78 is 37.5. The van der Waals surface area contributed by atoms with E-state index in [1.54, 1.807) is 6.07 Å². The van der Waals surface area contributed by atoms with Gasteiger partial charge in [0.2, 0.25) is 0 Å². The van der Waals surface area contributed by atoms with Crippen LogP contribution in [0.1, 0.15) is 43.9 Å². The summed E-state index contributed by atoms with van der Waals surface area (Å²) in [4.78, 5) is 0. The molecule has 0 bridgehead atoms. The highest BCUT2D eigenvalue weighted by Crippen LogP contribution is 2.31. The van der Waals surface area contributed by atoms with Crippen LogP contribution in [0.5, 0.6) is 0 Å². The van der Waals surface area contributed by atoms with E-state index in [0.29, 0.717) is 17.9 Å². The van der Waals surface area contributed by atoms with E-state index in [1.165, 1.54) is 6.07 Å². The third-order valence-corrected chi connectivity index (χ3v) is 2.70. The molecule has 0 saturated carbocycles. The van der Waals surface area contributed by atoms with E-state index < -0.39 is 11.7 Å². The van der Waals surface area contributed by atoms with Gasteiger partial charge in [-0.1, -0.05) is 26.0 Å². The van der Waals surface area contributed by atoms with Crippen LogP contribution in [0, 0.1) is 5.92 Å². The topological polar surface area (TPSA) is 26.0 Å². The Morgan fingerprint density at radius 1 is 1.18 bits per heavy atom. The molecule has 0 heterocycles. The van der Waals surface area contributed by atoms with Crippen LogP contribution in [-0.4, -0.2) is 0 Å². The van der Waals surface area contributed by atoms with Gasteiger partial charge < -0.3 is 5.73 Å². The molecule has 0 radical (unpaired) electrons. The normalized spacial score (nSPS) is 14.1. The van der Waals surface area contributed by atoms with E-state index in [4.69, 9.17) is 5.73 Å². The fourth-order valence-electron chi connectivity index (χ4n) is 1.63. The Bertz CT molecular complexity index is 358. The first-order chi connectivity index (χ1) is 7.80. The number of halogens is 3. The van der Waals surface area contributed by atoms with E-state index in [2.05, 4.69) is 13.8 Å². The zero-order valence-electron chi connectivity index (χ0n) is 10.1. The second kappa shape index (κ2) is 5.54. The minimum Gasteiger partial charge on any atom is -0.324 e. The molecule has 4 heteroatoms. The summed E-state index contributed by atoms with van der Waals surface area (Å²) in [7, 11) is 0. The molecule has 96 valence electrons. The lowest BCUT2D eigenvalue weighted by Gasteiger charge is -2.15. The minimum atomic E-state index is -4.30. The van der Waals surface area contributed by atoms with Crippen LogP contribution < -0.4 is 5.73 Å². The largest absolute Gasteiger partial charge is 0.416 e. The number of nitrogens with two attached hydrogens (primary N) is 1. The SMILES string of the molecule is CC(C)CC[C@@H](N)c1cccc(C(F)(F)F)c1. The van der Waals surface area contributed by atoms with Crippen molar-refractivity contribution in [2.45, 2.75) is 38.9 Å². The molecule has 17 heavy (non-hydrogen) atoms. The van der Waals surface area contributed by atoms with Crippen molar-refractivity contribution >= 4 is 0 Å². The maximum atomic E-state index is 12.5. The van der Waals surface area contributed by atoms with Gasteiger partial charge in [0, 0.05) is 6.04 Å². The molecule has 0 aliphatic carbocycles. The quantitative estimate of drug-likeness (QED) is 0.847. The van der Waals surface area contributed by atoms with Gasteiger partial charge in [-0.3, -0.25) is 0 Å². The van der Waals surface area contributed by atoms with E-state index >= 15 is 0 Å². The van der Waals surface area contributed by atoms with Crippen molar-refractivity contribution in [3.63, 3.8) is 0 Å². The Morgan fingerprint density at radius 2 is 1.82 bits per heavy atom. The molecule has 1 atom stereocenters. The average molecular weight is 245 g/mol. The van der Waals surface area contributed by atoms with Crippen molar-refractivity contribution in [3.8, 4) is 0 Å². The lowest BCUT2D eigenvalue weighted by Crippen LogP contribution is -2.13. The van der Waals surface area contributed by atoms with Gasteiger partial charge in [-0.25, -0.2) is 0 Å². The van der Waals surface area contributed by atoms with Crippen molar-refractivity contribution in [3.05, 3.63) is 35.4 Å². The summed E-state index contributed by atoms with van der Waals surface area (Å²) in [6, 6.07) is 4.96. The summed E-state index contributed by atoms with van der Waals surface area (Å²) in [6.07, 6.45) is -2.68. The molecule has 0 fully saturated rings. The smallest absolute Gasteiger partial charge is 0.324 e. The van der Waals surface area contributed by atoms with Gasteiger partial charge in [-0.05, 0) is 36.5 Å². The zero-order valence-corrected chi connectivity index (χ0v) is 10.1. The Kier molecular flexibility index (Phi) is 4.57. The van der Waals surface area contributed by atoms with Crippen LogP contribution in [0.4, 0.5) is 13.2 Å². The fourth-order valence-corrected chi connectivity index (χ4v) is 1.63. The first kappa shape index (κ1) is 14.0. The van der Waals surface area contributed by atoms with E-state index in [1.807, 2.05) is 0 Å². The lowest BCUT2D eigenvalue weighted by atomic mass is 9.97. The average Bonchev–Trinajstić information content (AvgIpc) is 2.25. The Morgan fingerprint density at radius 3 is 2.35 bits per heavy atom. The monoisotopic (exact) mass is 245 g/mol. The predicted molar refractivity (Wildman–Crippen MR) is 62.4 cm³/mol. The molecule has 1 rings (SSSR count). The highest BCUT2D eigenvalue weighted by atomic mass is 19.4. The second-order valence-electron chi connectivity index (χ2n) is 4.70. The van der Waals surface area contributed by atoms with Crippen LogP contribution >= 0.6 is 0 Å². The summed E-state index contributed by atoms with van der Waals surface area (Å²) in [6.45, 7) is 4.14. The minimum absolute atomic E-state index is 0.320. The number of hydrogen-bond donors (Lipinski definition) is 1. The molecule has 2 N–H and O–H groups in total. The van der Waals surface area contributed by atoms with Crippen LogP contribution in [0.3, 0.4) is 0 Å². The van der Waals surface area contributed by atoms with Gasteiger partial charge in [0.05, 0.1) is 5.56 Å². The molecule has 1 nitrogen and oxygen atoms in total. The van der Waals surface area contributed by atoms with E-state index in [-0.39, 0.29) is 6.04 Å². The molecule has 0 unspecified atom stereocenters. The van der Waals surface area contributed by atoms with E-state index in [9.17, 15) is 13.2 Å². The summed E-state index contributed by atoms with van der Waals surface area (Å²) in [5, 5.41) is 0. The number of benzene rings is 1. The molecular formula is C13H18F3N. The van der Waals surface area contributed by atoms with Crippen molar-refractivity contribution in [1.82, 2.24) is 0 Å². The van der Waals surface area contributed by atoms with Gasteiger partial charge >= 0.3 is 6.18 Å². The van der Waals surface area contributed by atoms with Gasteiger partial charge in [-0.2, -0.15) is 13.2 Å². The van der Waals surface area contributed by atoms with Gasteiger partial charge in [-0.15, -0.1) is 0 Å². The van der Waals surface area contributed by atoms with Crippen molar-refractivity contribution in [1.29, 1.82) is 0 Å². The Hall–Kier alpha value is -1.03. The number of rotatable bonds is 4. The summed E-state index contributed by atoms with van der Waals surface area (Å²) in [5.41, 5.74) is 5.81. The standard InChI is InChI=1S/C13H18F3N/c1-9(2)6-7-12(17)10-4-3-5-11(8-10)13(14,15)16/h3-5,8-9,12H,6-7,17H2,1-2H3/t12-/m1/s1. The highest BCUT2D eigenvalue weighted by Gasteiger charge is 2.30. The van der Waals surface area contributed by atoms with Crippen molar-refractivity contribution in [2.75, 3.05) is 0 Å². The highest BCUT2D eigenvalue weighted by molar-refractivity contribution is 5.27. The predicted octanol–water partition coefficient (Wildman–Crippen LogP) is 4.14. The number of alkyl halides is 3. The van der Waals surface area contributed by atoms with Crippen molar-refractivity contribution < 1.29 is 13.2 Å². The summed E-state index contributed by atoms with van der Waals surface area (Å²) >= 11 is 0. The van der Waals surface area contributed by atoms with E-state index in [0.717, 1.165) is 18.6 Å². The summed E-state index contributed by atoms with van der Waals surface area (Å²) in [5.74, 6) is 0.506. The van der Waals surface area contributed by atoms with Gasteiger partial charge in [0.1, 0.15) is 0 Å². The molecule has 0 saturated heterocycles. The molecule has 0 amide bonds. The van der Waals surface area contributed by atoms with Crippen LogP contribution in [0.15, 0.2) is 24.3 Å². The maximum absolute atomic E-state index is 12.5. The van der Waals surface area contributed by atoms with Gasteiger partial charge in [0.15, 0.2) is 0 Å². The third-order valence-electron chi connectivity index (χ3n) is 2.70. The van der Waals surface area contributed by atoms with Crippen LogP contribution in [0.2, 0.25) is 0 Å². The third kappa shape index (κ3) is 4.38. The van der Waals surface area contributed by atoms with Gasteiger partial charge in [0.25, 0.3) is 0 Å². The van der Waals surface area contributed by atoms with Crippen molar-refractivity contribution in [2.24, 2.45) is 11.7 Å². The molecule has 0 aromatic heterocycles. The molecular weight excluding hydrogens is 227 g/mol. The first-order valence-corrected chi connectivity index (χ1v) is 5.73. The maximum Gasteiger partial charge on any atom is 0.416 e. The van der Waals surface area contributed by atoms with Crippen LogP contribution in [0.25, 0.3) is 0 Å². The second-order valence-corrected chi connectivity index (χ2v) is 4.70. The molecule has 1 aromatic carbocycles. The number of hydrogen-bond acceptors (Lipinski definition) is 1. The Labute approximate surface area is 99.8 Å². The first-order valence-electron chi connectivity index (χ1n) is 5.73. The lowest BCUT2D eigenvalue weighted by molar-refractivity contribution is -0.137. The molecule has 0 aliphatic heterocycles. The zero-order chi connectivity index (χ0) is 13.1. The van der Waals surface area contributed by atoms with Crippen LogP contribution in [-0.2, 0) is 6.18 Å². The molecule has 0 aliphatic rings. The fraction of sp³-hybridized carbons (Fsp3) is 0.538. The Balaban J connectivity index is 2.77. The molecule has 0 spiro atoms. The molecule has 1 aromatic rings.